The third-order valence-electron chi connectivity index (χ3n) is 5.19. The van der Waals surface area contributed by atoms with Crippen LogP contribution >= 0.6 is 11.3 Å². The molecule has 0 amide bonds. The molecular formula is C18H21F2N5S. The molecule has 1 aromatic carbocycles. The topological polar surface area (TPSA) is 57.8 Å². The predicted octanol–water partition coefficient (Wildman–Crippen LogP) is 2.59. The summed E-state index contributed by atoms with van der Waals surface area (Å²) in [5, 5.41) is 3.00. The Labute approximate surface area is 155 Å². The summed E-state index contributed by atoms with van der Waals surface area (Å²) in [6.07, 6.45) is 3.51. The molecule has 1 aliphatic carbocycles. The number of benzene rings is 1. The van der Waals surface area contributed by atoms with Crippen LogP contribution in [-0.4, -0.2) is 48.6 Å². The Kier molecular flexibility index (Phi) is 4.52. The second-order valence-corrected chi connectivity index (χ2v) is 7.74. The van der Waals surface area contributed by atoms with Crippen LogP contribution in [0.15, 0.2) is 34.8 Å². The van der Waals surface area contributed by atoms with E-state index in [4.69, 9.17) is 5.73 Å². The molecule has 2 aromatic rings. The fourth-order valence-corrected chi connectivity index (χ4v) is 4.11. The summed E-state index contributed by atoms with van der Waals surface area (Å²) in [6.45, 7) is 3.71. The molecule has 1 aromatic heterocycles. The Morgan fingerprint density at radius 1 is 1.23 bits per heavy atom. The number of anilines is 1. The van der Waals surface area contributed by atoms with Crippen LogP contribution < -0.4 is 10.6 Å². The van der Waals surface area contributed by atoms with E-state index in [1.54, 1.807) is 11.3 Å². The smallest absolute Gasteiger partial charge is 0.191 e. The number of piperazine rings is 1. The maximum Gasteiger partial charge on any atom is 0.191 e. The zero-order valence-electron chi connectivity index (χ0n) is 14.4. The van der Waals surface area contributed by atoms with Crippen molar-refractivity contribution in [2.45, 2.75) is 18.3 Å². The van der Waals surface area contributed by atoms with Crippen molar-refractivity contribution in [2.24, 2.45) is 10.7 Å². The van der Waals surface area contributed by atoms with Gasteiger partial charge in [-0.2, -0.15) is 0 Å². The van der Waals surface area contributed by atoms with Crippen molar-refractivity contribution in [3.63, 3.8) is 0 Å². The van der Waals surface area contributed by atoms with Gasteiger partial charge < -0.3 is 15.5 Å². The number of thiazole rings is 1. The molecule has 138 valence electrons. The molecule has 0 radical (unpaired) electrons. The largest absolute Gasteiger partial charge is 0.370 e. The number of aromatic nitrogens is 1. The Bertz CT molecular complexity index is 796. The van der Waals surface area contributed by atoms with Gasteiger partial charge in [-0.3, -0.25) is 4.99 Å². The van der Waals surface area contributed by atoms with Crippen molar-refractivity contribution >= 4 is 22.4 Å². The van der Waals surface area contributed by atoms with Gasteiger partial charge in [-0.25, -0.2) is 13.8 Å². The van der Waals surface area contributed by atoms with Gasteiger partial charge in [0.1, 0.15) is 11.6 Å². The van der Waals surface area contributed by atoms with Crippen molar-refractivity contribution in [2.75, 3.05) is 37.6 Å². The third kappa shape index (κ3) is 3.38. The van der Waals surface area contributed by atoms with Gasteiger partial charge in [0, 0.05) is 49.2 Å². The summed E-state index contributed by atoms with van der Waals surface area (Å²) in [7, 11) is 0. The highest BCUT2D eigenvalue weighted by Crippen LogP contribution is 2.49. The van der Waals surface area contributed by atoms with E-state index in [-0.39, 0.29) is 5.41 Å². The maximum absolute atomic E-state index is 14.1. The molecule has 2 N–H and O–H groups in total. The van der Waals surface area contributed by atoms with Crippen LogP contribution in [0.3, 0.4) is 0 Å². The Morgan fingerprint density at radius 2 is 2.00 bits per heavy atom. The van der Waals surface area contributed by atoms with Gasteiger partial charge in [0.25, 0.3) is 0 Å². The van der Waals surface area contributed by atoms with Gasteiger partial charge in [0.05, 0.1) is 6.54 Å². The first-order valence-corrected chi connectivity index (χ1v) is 9.60. The van der Waals surface area contributed by atoms with Crippen LogP contribution in [0, 0.1) is 11.6 Å². The lowest BCUT2D eigenvalue weighted by molar-refractivity contribution is 0.380. The second-order valence-electron chi connectivity index (χ2n) is 6.87. The second kappa shape index (κ2) is 6.83. The number of aliphatic imine (C=N–C) groups is 1. The van der Waals surface area contributed by atoms with Gasteiger partial charge >= 0.3 is 0 Å². The number of hydrogen-bond donors (Lipinski definition) is 1. The average molecular weight is 377 g/mol. The fourth-order valence-electron chi connectivity index (χ4n) is 3.41. The fraction of sp³-hybridized carbons (Fsp3) is 0.444. The lowest BCUT2D eigenvalue weighted by Gasteiger charge is -2.35. The number of halogens is 2. The molecule has 0 spiro atoms. The molecule has 2 heterocycles. The summed E-state index contributed by atoms with van der Waals surface area (Å²) < 4.78 is 27.2. The molecule has 0 atom stereocenters. The SMILES string of the molecule is NC(=NCC1(c2ccc(F)cc2F)CC1)N1CCN(c2nccs2)CC1. The summed E-state index contributed by atoms with van der Waals surface area (Å²) >= 11 is 1.63. The molecule has 26 heavy (non-hydrogen) atoms. The van der Waals surface area contributed by atoms with Crippen LogP contribution in [0.5, 0.6) is 0 Å². The van der Waals surface area contributed by atoms with Gasteiger partial charge in [-0.05, 0) is 24.5 Å². The Morgan fingerprint density at radius 3 is 2.62 bits per heavy atom. The molecule has 0 unspecified atom stereocenters. The lowest BCUT2D eigenvalue weighted by Crippen LogP contribution is -2.51. The van der Waals surface area contributed by atoms with Crippen molar-refractivity contribution < 1.29 is 8.78 Å². The normalized spacial score (nSPS) is 19.7. The minimum Gasteiger partial charge on any atom is -0.370 e. The van der Waals surface area contributed by atoms with Gasteiger partial charge in [-0.1, -0.05) is 6.07 Å². The number of rotatable bonds is 4. The molecular weight excluding hydrogens is 356 g/mol. The molecule has 4 rings (SSSR count). The van der Waals surface area contributed by atoms with Crippen molar-refractivity contribution in [3.8, 4) is 0 Å². The minimum absolute atomic E-state index is 0.328. The van der Waals surface area contributed by atoms with Crippen molar-refractivity contribution in [3.05, 3.63) is 47.0 Å². The molecule has 5 nitrogen and oxygen atoms in total. The summed E-state index contributed by atoms with van der Waals surface area (Å²) in [4.78, 5) is 13.2. The summed E-state index contributed by atoms with van der Waals surface area (Å²) in [5.41, 5.74) is 6.40. The average Bonchev–Trinajstić information content (AvgIpc) is 3.22. The third-order valence-corrected chi connectivity index (χ3v) is 6.03. The quantitative estimate of drug-likeness (QED) is 0.657. The number of guanidine groups is 1. The first-order chi connectivity index (χ1) is 12.6. The molecule has 2 fully saturated rings. The number of nitrogens with zero attached hydrogens (tertiary/aromatic N) is 4. The van der Waals surface area contributed by atoms with Crippen molar-refractivity contribution in [1.29, 1.82) is 0 Å². The standard InChI is InChI=1S/C18H21F2N5S/c19-13-1-2-14(15(20)11-13)18(3-4-18)12-23-16(21)24-6-8-25(9-7-24)17-22-5-10-26-17/h1-2,5,10-11H,3-4,6-9,12H2,(H2,21,23). The highest BCUT2D eigenvalue weighted by atomic mass is 32.1. The van der Waals surface area contributed by atoms with E-state index < -0.39 is 11.6 Å². The van der Waals surface area contributed by atoms with Gasteiger partial charge in [-0.15, -0.1) is 11.3 Å². The van der Waals surface area contributed by atoms with E-state index in [1.807, 2.05) is 11.6 Å². The molecule has 1 saturated carbocycles. The van der Waals surface area contributed by atoms with E-state index in [1.165, 1.54) is 12.1 Å². The van der Waals surface area contributed by atoms with E-state index in [0.29, 0.717) is 18.1 Å². The maximum atomic E-state index is 14.1. The lowest BCUT2D eigenvalue weighted by atomic mass is 9.95. The highest BCUT2D eigenvalue weighted by molar-refractivity contribution is 7.13. The van der Waals surface area contributed by atoms with Gasteiger partial charge in [0.15, 0.2) is 11.1 Å². The van der Waals surface area contributed by atoms with Crippen LogP contribution in [0.1, 0.15) is 18.4 Å². The minimum atomic E-state index is -0.553. The zero-order valence-corrected chi connectivity index (χ0v) is 15.2. The Balaban J connectivity index is 1.38. The number of hydrogen-bond acceptors (Lipinski definition) is 4. The van der Waals surface area contributed by atoms with Crippen LogP contribution in [0.2, 0.25) is 0 Å². The molecule has 8 heteroatoms. The Hall–Kier alpha value is -2.22. The van der Waals surface area contributed by atoms with Crippen LogP contribution in [0.4, 0.5) is 13.9 Å². The van der Waals surface area contributed by atoms with E-state index in [0.717, 1.165) is 50.2 Å². The molecule has 1 saturated heterocycles. The van der Waals surface area contributed by atoms with Crippen molar-refractivity contribution in [1.82, 2.24) is 9.88 Å². The van der Waals surface area contributed by atoms with Crippen LogP contribution in [-0.2, 0) is 5.41 Å². The van der Waals surface area contributed by atoms with E-state index in [9.17, 15) is 8.78 Å². The molecule has 2 aliphatic rings. The van der Waals surface area contributed by atoms with E-state index in [2.05, 4.69) is 19.8 Å². The van der Waals surface area contributed by atoms with Crippen LogP contribution in [0.25, 0.3) is 0 Å². The van der Waals surface area contributed by atoms with E-state index >= 15 is 0 Å². The molecule has 1 aliphatic heterocycles. The first kappa shape index (κ1) is 17.2. The summed E-state index contributed by atoms with van der Waals surface area (Å²) in [5.74, 6) is -0.547. The summed E-state index contributed by atoms with van der Waals surface area (Å²) in [6, 6.07) is 3.79. The monoisotopic (exact) mass is 377 g/mol. The predicted molar refractivity (Wildman–Crippen MR) is 99.7 cm³/mol. The first-order valence-electron chi connectivity index (χ1n) is 8.72. The van der Waals surface area contributed by atoms with Gasteiger partial charge in [0.2, 0.25) is 0 Å². The zero-order chi connectivity index (χ0) is 18.1. The number of nitrogens with two attached hydrogens (primary N) is 1. The highest BCUT2D eigenvalue weighted by Gasteiger charge is 2.46. The molecule has 0 bridgehead atoms.